The van der Waals surface area contributed by atoms with Crippen molar-refractivity contribution in [1.29, 1.82) is 0 Å². The zero-order chi connectivity index (χ0) is 15.9. The highest BCUT2D eigenvalue weighted by Gasteiger charge is 2.43. The van der Waals surface area contributed by atoms with E-state index in [2.05, 4.69) is 61.3 Å². The standard InChI is InChI=1S/C20H23NOS/c1-3-22-17-9-6-8-16-19(17)23-18-10-5-4-7-15(18)20(16)11-13-21(2)14-12-20/h4-10H,3,11-14H2,1-2H3. The number of ether oxygens (including phenoxy) is 1. The van der Waals surface area contributed by atoms with Crippen molar-refractivity contribution in [2.24, 2.45) is 0 Å². The molecule has 3 heteroatoms. The summed E-state index contributed by atoms with van der Waals surface area (Å²) >= 11 is 1.88. The van der Waals surface area contributed by atoms with Crippen molar-refractivity contribution in [1.82, 2.24) is 4.90 Å². The Labute approximate surface area is 142 Å². The Morgan fingerprint density at radius 3 is 2.57 bits per heavy atom. The average Bonchev–Trinajstić information content (AvgIpc) is 2.58. The Morgan fingerprint density at radius 2 is 1.78 bits per heavy atom. The molecular formula is C20H23NOS. The lowest BCUT2D eigenvalue weighted by Crippen LogP contribution is -2.43. The van der Waals surface area contributed by atoms with Gasteiger partial charge in [-0.2, -0.15) is 0 Å². The predicted molar refractivity (Wildman–Crippen MR) is 95.7 cm³/mol. The van der Waals surface area contributed by atoms with Crippen LogP contribution < -0.4 is 4.74 Å². The van der Waals surface area contributed by atoms with Gasteiger partial charge in [0.15, 0.2) is 0 Å². The molecule has 2 nitrogen and oxygen atoms in total. The maximum Gasteiger partial charge on any atom is 0.133 e. The maximum atomic E-state index is 5.94. The van der Waals surface area contributed by atoms with Gasteiger partial charge in [0.2, 0.25) is 0 Å². The van der Waals surface area contributed by atoms with Crippen molar-refractivity contribution in [2.45, 2.75) is 35.0 Å². The monoisotopic (exact) mass is 325 g/mol. The third-order valence-corrected chi connectivity index (χ3v) is 6.45. The van der Waals surface area contributed by atoms with Crippen LogP contribution in [-0.2, 0) is 5.41 Å². The average molecular weight is 325 g/mol. The number of benzene rings is 2. The van der Waals surface area contributed by atoms with E-state index in [0.717, 1.165) is 18.8 Å². The highest BCUT2D eigenvalue weighted by atomic mass is 32.2. The molecule has 4 rings (SSSR count). The van der Waals surface area contributed by atoms with E-state index < -0.39 is 0 Å². The zero-order valence-electron chi connectivity index (χ0n) is 13.8. The first-order valence-corrected chi connectivity index (χ1v) is 9.28. The second-order valence-electron chi connectivity index (χ2n) is 6.55. The molecule has 2 heterocycles. The second kappa shape index (κ2) is 5.88. The number of rotatable bonds is 2. The molecule has 120 valence electrons. The smallest absolute Gasteiger partial charge is 0.133 e. The van der Waals surface area contributed by atoms with Crippen LogP contribution >= 0.6 is 11.8 Å². The Kier molecular flexibility index (Phi) is 3.86. The van der Waals surface area contributed by atoms with Gasteiger partial charge < -0.3 is 9.64 Å². The van der Waals surface area contributed by atoms with Crippen LogP contribution in [0.15, 0.2) is 52.3 Å². The van der Waals surface area contributed by atoms with E-state index in [1.165, 1.54) is 33.8 Å². The summed E-state index contributed by atoms with van der Waals surface area (Å²) < 4.78 is 5.94. The van der Waals surface area contributed by atoms with Crippen molar-refractivity contribution in [2.75, 3.05) is 26.7 Å². The van der Waals surface area contributed by atoms with Crippen LogP contribution in [0.4, 0.5) is 0 Å². The lowest BCUT2D eigenvalue weighted by molar-refractivity contribution is 0.207. The summed E-state index contributed by atoms with van der Waals surface area (Å²) in [4.78, 5) is 5.18. The zero-order valence-corrected chi connectivity index (χ0v) is 14.7. The van der Waals surface area contributed by atoms with Gasteiger partial charge in [-0.25, -0.2) is 0 Å². The van der Waals surface area contributed by atoms with Gasteiger partial charge in [-0.05, 0) is 63.2 Å². The van der Waals surface area contributed by atoms with E-state index in [1.807, 2.05) is 11.8 Å². The summed E-state index contributed by atoms with van der Waals surface area (Å²) in [6.07, 6.45) is 2.37. The number of hydrogen-bond acceptors (Lipinski definition) is 3. The van der Waals surface area contributed by atoms with Crippen LogP contribution in [0.5, 0.6) is 5.75 Å². The minimum atomic E-state index is 0.150. The molecule has 1 spiro atoms. The van der Waals surface area contributed by atoms with Crippen LogP contribution in [0.1, 0.15) is 30.9 Å². The quantitative estimate of drug-likeness (QED) is 0.803. The van der Waals surface area contributed by atoms with Crippen LogP contribution in [0.25, 0.3) is 0 Å². The van der Waals surface area contributed by atoms with Crippen molar-refractivity contribution in [3.63, 3.8) is 0 Å². The van der Waals surface area contributed by atoms with Crippen LogP contribution in [-0.4, -0.2) is 31.6 Å². The lowest BCUT2D eigenvalue weighted by atomic mass is 9.67. The molecular weight excluding hydrogens is 302 g/mol. The molecule has 0 unspecified atom stereocenters. The van der Waals surface area contributed by atoms with Crippen molar-refractivity contribution >= 4 is 11.8 Å². The molecule has 1 fully saturated rings. The first-order chi connectivity index (χ1) is 11.2. The van der Waals surface area contributed by atoms with Crippen molar-refractivity contribution in [3.05, 3.63) is 53.6 Å². The third-order valence-electron chi connectivity index (χ3n) is 5.25. The Hall–Kier alpha value is -1.45. The fourth-order valence-corrected chi connectivity index (χ4v) is 5.35. The fraction of sp³-hybridized carbons (Fsp3) is 0.400. The van der Waals surface area contributed by atoms with Gasteiger partial charge in [0.05, 0.1) is 11.5 Å². The highest BCUT2D eigenvalue weighted by Crippen LogP contribution is 2.55. The summed E-state index contributed by atoms with van der Waals surface area (Å²) in [5.41, 5.74) is 3.14. The lowest BCUT2D eigenvalue weighted by Gasteiger charge is -2.45. The summed E-state index contributed by atoms with van der Waals surface area (Å²) in [5.74, 6) is 1.04. The van der Waals surface area contributed by atoms with Gasteiger partial charge in [-0.3, -0.25) is 0 Å². The number of hydrogen-bond donors (Lipinski definition) is 0. The minimum absolute atomic E-state index is 0.150. The molecule has 23 heavy (non-hydrogen) atoms. The van der Waals surface area contributed by atoms with Gasteiger partial charge in [0.25, 0.3) is 0 Å². The van der Waals surface area contributed by atoms with E-state index in [9.17, 15) is 0 Å². The van der Waals surface area contributed by atoms with Gasteiger partial charge in [-0.15, -0.1) is 0 Å². The molecule has 0 amide bonds. The molecule has 0 bridgehead atoms. The number of likely N-dealkylation sites (tertiary alicyclic amines) is 1. The molecule has 2 aromatic rings. The van der Waals surface area contributed by atoms with Crippen LogP contribution in [0.3, 0.4) is 0 Å². The minimum Gasteiger partial charge on any atom is -0.493 e. The van der Waals surface area contributed by atoms with E-state index in [0.29, 0.717) is 6.61 Å². The SMILES string of the molecule is CCOc1cccc2c1Sc1ccccc1C21CCN(C)CC1. The predicted octanol–water partition coefficient (Wildman–Crippen LogP) is 4.56. The summed E-state index contributed by atoms with van der Waals surface area (Å²) in [6.45, 7) is 5.08. The maximum absolute atomic E-state index is 5.94. The van der Waals surface area contributed by atoms with Gasteiger partial charge in [-0.1, -0.05) is 42.1 Å². The van der Waals surface area contributed by atoms with Crippen LogP contribution in [0, 0.1) is 0 Å². The van der Waals surface area contributed by atoms with Crippen molar-refractivity contribution in [3.8, 4) is 5.75 Å². The number of fused-ring (bicyclic) bond motifs is 4. The molecule has 0 saturated carbocycles. The fourth-order valence-electron chi connectivity index (χ4n) is 4.01. The third kappa shape index (κ3) is 2.38. The molecule has 0 atom stereocenters. The summed E-state index contributed by atoms with van der Waals surface area (Å²) in [6, 6.07) is 15.6. The Balaban J connectivity index is 1.91. The largest absolute Gasteiger partial charge is 0.493 e. The second-order valence-corrected chi connectivity index (χ2v) is 7.60. The van der Waals surface area contributed by atoms with Crippen molar-refractivity contribution < 1.29 is 4.74 Å². The van der Waals surface area contributed by atoms with Gasteiger partial charge in [0, 0.05) is 10.3 Å². The van der Waals surface area contributed by atoms with E-state index in [-0.39, 0.29) is 5.41 Å². The Bertz CT molecular complexity index is 719. The van der Waals surface area contributed by atoms with E-state index in [1.54, 1.807) is 0 Å². The van der Waals surface area contributed by atoms with Gasteiger partial charge in [0.1, 0.15) is 5.75 Å². The molecule has 2 aromatic carbocycles. The summed E-state index contributed by atoms with van der Waals surface area (Å²) in [7, 11) is 2.23. The molecule has 2 aliphatic rings. The topological polar surface area (TPSA) is 12.5 Å². The normalized spacial score (nSPS) is 19.2. The molecule has 0 aromatic heterocycles. The number of nitrogens with zero attached hydrogens (tertiary/aromatic N) is 1. The summed E-state index contributed by atoms with van der Waals surface area (Å²) in [5, 5.41) is 0. The first-order valence-electron chi connectivity index (χ1n) is 8.47. The van der Waals surface area contributed by atoms with Gasteiger partial charge >= 0.3 is 0 Å². The molecule has 0 radical (unpaired) electrons. The Morgan fingerprint density at radius 1 is 1.04 bits per heavy atom. The van der Waals surface area contributed by atoms with E-state index in [4.69, 9.17) is 4.74 Å². The number of piperidine rings is 1. The van der Waals surface area contributed by atoms with E-state index >= 15 is 0 Å². The molecule has 0 aliphatic carbocycles. The molecule has 0 N–H and O–H groups in total. The molecule has 1 saturated heterocycles. The van der Waals surface area contributed by atoms with Crippen LogP contribution in [0.2, 0.25) is 0 Å². The molecule has 2 aliphatic heterocycles. The highest BCUT2D eigenvalue weighted by molar-refractivity contribution is 7.99. The first kappa shape index (κ1) is 15.1.